The minimum Gasteiger partial charge on any atom is -0.479 e. The van der Waals surface area contributed by atoms with Gasteiger partial charge in [0.1, 0.15) is 17.3 Å². The van der Waals surface area contributed by atoms with Crippen LogP contribution in [0.25, 0.3) is 0 Å². The first-order chi connectivity index (χ1) is 14.3. The number of fused-ring (bicyclic) bond motifs is 1. The highest BCUT2D eigenvalue weighted by atomic mass is 19.1. The van der Waals surface area contributed by atoms with Gasteiger partial charge >= 0.3 is 0 Å². The summed E-state index contributed by atoms with van der Waals surface area (Å²) in [6.07, 6.45) is -0.647. The summed E-state index contributed by atoms with van der Waals surface area (Å²) >= 11 is 0. The third kappa shape index (κ3) is 3.63. The monoisotopic (exact) mass is 409 g/mol. The van der Waals surface area contributed by atoms with E-state index in [0.29, 0.717) is 28.6 Å². The van der Waals surface area contributed by atoms with Crippen LogP contribution in [-0.4, -0.2) is 23.1 Å². The molecule has 0 saturated heterocycles. The van der Waals surface area contributed by atoms with Crippen LogP contribution in [0.15, 0.2) is 47.0 Å². The van der Waals surface area contributed by atoms with Gasteiger partial charge in [-0.3, -0.25) is 9.59 Å². The number of amides is 2. The molecular weight excluding hydrogens is 389 g/mol. The van der Waals surface area contributed by atoms with Crippen molar-refractivity contribution in [3.05, 3.63) is 70.9 Å². The van der Waals surface area contributed by atoms with Crippen molar-refractivity contribution in [2.75, 3.05) is 10.2 Å². The minimum absolute atomic E-state index is 0.196. The van der Waals surface area contributed by atoms with Gasteiger partial charge in [-0.1, -0.05) is 11.2 Å². The Hall–Kier alpha value is -3.68. The summed E-state index contributed by atoms with van der Waals surface area (Å²) in [7, 11) is 0. The van der Waals surface area contributed by atoms with E-state index in [-0.39, 0.29) is 18.0 Å². The van der Waals surface area contributed by atoms with Gasteiger partial charge < -0.3 is 19.5 Å². The van der Waals surface area contributed by atoms with Gasteiger partial charge in [0.05, 0.1) is 17.9 Å². The number of nitrogens with zero attached hydrogens (tertiary/aromatic N) is 2. The molecule has 1 aromatic heterocycles. The van der Waals surface area contributed by atoms with Crippen LogP contribution in [0.1, 0.15) is 34.3 Å². The predicted octanol–water partition coefficient (Wildman–Crippen LogP) is 4.00. The highest BCUT2D eigenvalue weighted by Gasteiger charge is 2.33. The van der Waals surface area contributed by atoms with Crippen molar-refractivity contribution in [3.63, 3.8) is 0 Å². The summed E-state index contributed by atoms with van der Waals surface area (Å²) in [6.45, 7) is 5.56. The summed E-state index contributed by atoms with van der Waals surface area (Å²) in [4.78, 5) is 26.9. The number of aromatic nitrogens is 1. The maximum Gasteiger partial charge on any atom is 0.268 e. The summed E-state index contributed by atoms with van der Waals surface area (Å²) in [6, 6.07) is 10.4. The highest BCUT2D eigenvalue weighted by molar-refractivity contribution is 6.05. The van der Waals surface area contributed by atoms with Gasteiger partial charge in [-0.05, 0) is 57.2 Å². The summed E-state index contributed by atoms with van der Waals surface area (Å²) in [5, 5.41) is 6.68. The van der Waals surface area contributed by atoms with Crippen molar-refractivity contribution in [2.24, 2.45) is 0 Å². The van der Waals surface area contributed by atoms with Gasteiger partial charge in [0.15, 0.2) is 6.10 Å². The molecule has 1 aliphatic rings. The van der Waals surface area contributed by atoms with E-state index in [1.807, 2.05) is 6.92 Å². The van der Waals surface area contributed by atoms with Crippen molar-refractivity contribution < 1.29 is 23.2 Å². The molecular formula is C22H20FN3O4. The van der Waals surface area contributed by atoms with Gasteiger partial charge in [-0.2, -0.15) is 0 Å². The molecule has 8 heteroatoms. The zero-order valence-electron chi connectivity index (χ0n) is 16.7. The van der Waals surface area contributed by atoms with Crippen molar-refractivity contribution in [3.8, 4) is 5.75 Å². The number of benzene rings is 2. The second-order valence-corrected chi connectivity index (χ2v) is 7.13. The molecule has 154 valence electrons. The van der Waals surface area contributed by atoms with Crippen LogP contribution in [0.2, 0.25) is 0 Å². The first-order valence-corrected chi connectivity index (χ1v) is 9.44. The smallest absolute Gasteiger partial charge is 0.268 e. The number of rotatable bonds is 4. The molecule has 1 N–H and O–H groups in total. The van der Waals surface area contributed by atoms with Crippen LogP contribution in [0, 0.1) is 19.7 Å². The fourth-order valence-electron chi connectivity index (χ4n) is 3.37. The lowest BCUT2D eigenvalue weighted by Crippen LogP contribution is -2.44. The number of halogens is 1. The average Bonchev–Trinajstić information content (AvgIpc) is 3.03. The fourth-order valence-corrected chi connectivity index (χ4v) is 3.37. The molecule has 1 atom stereocenters. The lowest BCUT2D eigenvalue weighted by molar-refractivity contribution is -0.125. The Morgan fingerprint density at radius 3 is 2.73 bits per heavy atom. The van der Waals surface area contributed by atoms with Gasteiger partial charge in [0, 0.05) is 16.8 Å². The molecule has 0 bridgehead atoms. The van der Waals surface area contributed by atoms with Crippen LogP contribution in [0.3, 0.4) is 0 Å². The molecule has 0 aliphatic carbocycles. The standard InChI is InChI=1S/C22H20FN3O4/c1-12-18(13(2)30-25-12)11-26-19-10-17(7-8-20(19)29-14(3)22(26)28)24-21(27)15-5-4-6-16(23)9-15/h4-10,14H,11H2,1-3H3,(H,24,27). The second-order valence-electron chi connectivity index (χ2n) is 7.13. The van der Waals surface area contributed by atoms with Crippen molar-refractivity contribution in [2.45, 2.75) is 33.4 Å². The number of anilines is 2. The maximum atomic E-state index is 13.4. The van der Waals surface area contributed by atoms with E-state index in [4.69, 9.17) is 9.26 Å². The van der Waals surface area contributed by atoms with Gasteiger partial charge in [-0.25, -0.2) is 4.39 Å². The van der Waals surface area contributed by atoms with Gasteiger partial charge in [0.25, 0.3) is 11.8 Å². The number of hydrogen-bond acceptors (Lipinski definition) is 5. The first kappa shape index (κ1) is 19.6. The molecule has 1 unspecified atom stereocenters. The zero-order chi connectivity index (χ0) is 21.4. The van der Waals surface area contributed by atoms with E-state index < -0.39 is 17.8 Å². The summed E-state index contributed by atoms with van der Waals surface area (Å²) in [5.74, 6) is 0.000126. The van der Waals surface area contributed by atoms with E-state index in [1.54, 1.807) is 36.9 Å². The number of ether oxygens (including phenoxy) is 1. The van der Waals surface area contributed by atoms with E-state index in [1.165, 1.54) is 18.2 Å². The Labute approximate surface area is 172 Å². The van der Waals surface area contributed by atoms with Crippen molar-refractivity contribution in [1.29, 1.82) is 0 Å². The van der Waals surface area contributed by atoms with Crippen LogP contribution in [0.5, 0.6) is 5.75 Å². The molecule has 2 aromatic carbocycles. The number of carbonyl (C=O) groups excluding carboxylic acids is 2. The maximum absolute atomic E-state index is 13.4. The number of nitrogens with one attached hydrogen (secondary N) is 1. The van der Waals surface area contributed by atoms with Gasteiger partial charge in [-0.15, -0.1) is 0 Å². The van der Waals surface area contributed by atoms with E-state index in [0.717, 1.165) is 11.6 Å². The van der Waals surface area contributed by atoms with Crippen LogP contribution in [0.4, 0.5) is 15.8 Å². The Morgan fingerprint density at radius 2 is 2.03 bits per heavy atom. The third-order valence-electron chi connectivity index (χ3n) is 5.01. The highest BCUT2D eigenvalue weighted by Crippen LogP contribution is 2.37. The summed E-state index contributed by atoms with van der Waals surface area (Å²) < 4.78 is 24.4. The quantitative estimate of drug-likeness (QED) is 0.704. The molecule has 0 spiro atoms. The molecule has 2 heterocycles. The minimum atomic E-state index is -0.647. The molecule has 0 saturated carbocycles. The lowest BCUT2D eigenvalue weighted by Gasteiger charge is -2.33. The molecule has 0 fully saturated rings. The zero-order valence-corrected chi connectivity index (χ0v) is 16.7. The molecule has 3 aromatic rings. The van der Waals surface area contributed by atoms with Crippen molar-refractivity contribution >= 4 is 23.2 Å². The Kier molecular flexibility index (Phi) is 4.99. The van der Waals surface area contributed by atoms with Crippen LogP contribution in [-0.2, 0) is 11.3 Å². The fraction of sp³-hybridized carbons (Fsp3) is 0.227. The Balaban J connectivity index is 1.66. The largest absolute Gasteiger partial charge is 0.479 e. The number of hydrogen-bond donors (Lipinski definition) is 1. The van der Waals surface area contributed by atoms with Crippen LogP contribution >= 0.6 is 0 Å². The molecule has 2 amide bonds. The Morgan fingerprint density at radius 1 is 1.23 bits per heavy atom. The predicted molar refractivity (Wildman–Crippen MR) is 108 cm³/mol. The lowest BCUT2D eigenvalue weighted by atomic mass is 10.1. The molecule has 0 radical (unpaired) electrons. The van der Waals surface area contributed by atoms with Crippen LogP contribution < -0.4 is 15.0 Å². The van der Waals surface area contributed by atoms with Gasteiger partial charge in [0.2, 0.25) is 0 Å². The number of carbonyl (C=O) groups is 2. The molecule has 30 heavy (non-hydrogen) atoms. The first-order valence-electron chi connectivity index (χ1n) is 9.44. The Bertz CT molecular complexity index is 1120. The average molecular weight is 409 g/mol. The molecule has 1 aliphatic heterocycles. The van der Waals surface area contributed by atoms with Crippen molar-refractivity contribution in [1.82, 2.24) is 5.16 Å². The molecule has 4 rings (SSSR count). The topological polar surface area (TPSA) is 84.7 Å². The van der Waals surface area contributed by atoms with E-state index in [9.17, 15) is 14.0 Å². The summed E-state index contributed by atoms with van der Waals surface area (Å²) in [5.41, 5.74) is 2.70. The molecule has 7 nitrogen and oxygen atoms in total. The SMILES string of the molecule is Cc1noc(C)c1CN1C(=O)C(C)Oc2ccc(NC(=O)c3cccc(F)c3)cc21. The van der Waals surface area contributed by atoms with E-state index in [2.05, 4.69) is 10.5 Å². The normalized spacial score (nSPS) is 15.5. The number of aryl methyl sites for hydroxylation is 2. The second kappa shape index (κ2) is 7.62. The third-order valence-corrected chi connectivity index (χ3v) is 5.01. The van der Waals surface area contributed by atoms with E-state index >= 15 is 0 Å².